The van der Waals surface area contributed by atoms with Crippen LogP contribution in [0.1, 0.15) is 47.5 Å². The van der Waals surface area contributed by atoms with E-state index >= 15 is 0 Å². The molecule has 0 unspecified atom stereocenters. The summed E-state index contributed by atoms with van der Waals surface area (Å²) in [6.07, 6.45) is 5.12. The molecule has 0 nitrogen and oxygen atoms in total. The molecule has 0 spiro atoms. The van der Waals surface area contributed by atoms with Gasteiger partial charge in [0.25, 0.3) is 0 Å². The van der Waals surface area contributed by atoms with Crippen molar-refractivity contribution in [1.82, 2.24) is 0 Å². The minimum absolute atomic E-state index is 0.490. The maximum atomic E-state index is 2.43. The summed E-state index contributed by atoms with van der Waals surface area (Å²) in [5.41, 5.74) is 2.08. The highest BCUT2D eigenvalue weighted by Gasteiger charge is 2.28. The van der Waals surface area contributed by atoms with Gasteiger partial charge in [-0.05, 0) is 37.0 Å². The molecule has 0 aromatic heterocycles. The Morgan fingerprint density at radius 2 is 1.92 bits per heavy atom. The molecule has 1 aliphatic rings. The normalized spacial score (nSPS) is 31.6. The van der Waals surface area contributed by atoms with Crippen molar-refractivity contribution >= 4 is 0 Å². The van der Waals surface area contributed by atoms with Gasteiger partial charge in [-0.2, -0.15) is 0 Å². The SMILES string of the molecule is CC1=C[C@@H](C)C[C@@H](C(C)(C)C)C1. The summed E-state index contributed by atoms with van der Waals surface area (Å²) >= 11 is 0. The summed E-state index contributed by atoms with van der Waals surface area (Å²) in [5, 5.41) is 0. The molecular formula is C12H22. The molecule has 1 rings (SSSR count). The molecule has 0 saturated carbocycles. The molecule has 0 N–H and O–H groups in total. The van der Waals surface area contributed by atoms with Crippen LogP contribution in [0.4, 0.5) is 0 Å². The molecule has 0 aromatic rings. The maximum Gasteiger partial charge on any atom is -0.0256 e. The highest BCUT2D eigenvalue weighted by molar-refractivity contribution is 5.07. The first-order chi connectivity index (χ1) is 5.39. The maximum absolute atomic E-state index is 2.43. The molecule has 0 radical (unpaired) electrons. The Morgan fingerprint density at radius 1 is 1.33 bits per heavy atom. The van der Waals surface area contributed by atoms with E-state index in [9.17, 15) is 0 Å². The first-order valence-corrected chi connectivity index (χ1v) is 5.07. The quantitative estimate of drug-likeness (QED) is 0.477. The first kappa shape index (κ1) is 9.83. The smallest absolute Gasteiger partial charge is 0.0256 e. The summed E-state index contributed by atoms with van der Waals surface area (Å²) in [6.45, 7) is 11.7. The van der Waals surface area contributed by atoms with Crippen LogP contribution in [0, 0.1) is 17.3 Å². The Labute approximate surface area is 77.1 Å². The summed E-state index contributed by atoms with van der Waals surface area (Å²) in [4.78, 5) is 0. The van der Waals surface area contributed by atoms with E-state index < -0.39 is 0 Å². The zero-order chi connectivity index (χ0) is 9.35. The van der Waals surface area contributed by atoms with Gasteiger partial charge in [-0.25, -0.2) is 0 Å². The Morgan fingerprint density at radius 3 is 2.33 bits per heavy atom. The molecular weight excluding hydrogens is 144 g/mol. The molecule has 0 aliphatic heterocycles. The Hall–Kier alpha value is -0.260. The van der Waals surface area contributed by atoms with Crippen molar-refractivity contribution in [3.63, 3.8) is 0 Å². The number of allylic oxidation sites excluding steroid dienone is 2. The fraction of sp³-hybridized carbons (Fsp3) is 0.833. The van der Waals surface area contributed by atoms with E-state index in [1.165, 1.54) is 12.8 Å². The number of hydrogen-bond donors (Lipinski definition) is 0. The summed E-state index contributed by atoms with van der Waals surface area (Å²) < 4.78 is 0. The molecule has 12 heavy (non-hydrogen) atoms. The van der Waals surface area contributed by atoms with Gasteiger partial charge in [0.1, 0.15) is 0 Å². The van der Waals surface area contributed by atoms with E-state index in [4.69, 9.17) is 0 Å². The van der Waals surface area contributed by atoms with Crippen LogP contribution >= 0.6 is 0 Å². The standard InChI is InChI=1S/C12H22/c1-9-6-10(2)8-11(7-9)12(3,4)5/h6,9,11H,7-8H2,1-5H3/t9-,11-/m1/s1. The second-order valence-electron chi connectivity index (χ2n) is 5.49. The van der Waals surface area contributed by atoms with Gasteiger partial charge in [0.05, 0.1) is 0 Å². The van der Waals surface area contributed by atoms with E-state index in [0.29, 0.717) is 5.41 Å². The Bertz CT molecular complexity index is 181. The zero-order valence-corrected chi connectivity index (χ0v) is 9.15. The lowest BCUT2D eigenvalue weighted by molar-refractivity contribution is 0.199. The van der Waals surface area contributed by atoms with Crippen LogP contribution in [0.25, 0.3) is 0 Å². The van der Waals surface area contributed by atoms with Crippen LogP contribution in [-0.2, 0) is 0 Å². The largest absolute Gasteiger partial charge is 0.0827 e. The molecule has 0 amide bonds. The van der Waals surface area contributed by atoms with Crippen LogP contribution < -0.4 is 0 Å². The second-order valence-corrected chi connectivity index (χ2v) is 5.49. The Kier molecular flexibility index (Phi) is 2.65. The third kappa shape index (κ3) is 2.36. The third-order valence-corrected chi connectivity index (χ3v) is 3.02. The van der Waals surface area contributed by atoms with Crippen molar-refractivity contribution in [3.8, 4) is 0 Å². The highest BCUT2D eigenvalue weighted by atomic mass is 14.3. The van der Waals surface area contributed by atoms with Crippen LogP contribution in [0.15, 0.2) is 11.6 Å². The van der Waals surface area contributed by atoms with Gasteiger partial charge < -0.3 is 0 Å². The minimum Gasteiger partial charge on any atom is -0.0827 e. The van der Waals surface area contributed by atoms with Crippen molar-refractivity contribution in [1.29, 1.82) is 0 Å². The molecule has 0 aromatic carbocycles. The van der Waals surface area contributed by atoms with Crippen LogP contribution in [0.5, 0.6) is 0 Å². The fourth-order valence-electron chi connectivity index (χ4n) is 2.20. The molecule has 0 bridgehead atoms. The van der Waals surface area contributed by atoms with E-state index in [-0.39, 0.29) is 0 Å². The van der Waals surface area contributed by atoms with Gasteiger partial charge >= 0.3 is 0 Å². The predicted molar refractivity (Wildman–Crippen MR) is 55.1 cm³/mol. The zero-order valence-electron chi connectivity index (χ0n) is 9.15. The summed E-state index contributed by atoms with van der Waals surface area (Å²) in [5.74, 6) is 1.68. The monoisotopic (exact) mass is 166 g/mol. The summed E-state index contributed by atoms with van der Waals surface area (Å²) in [6, 6.07) is 0. The number of rotatable bonds is 0. The van der Waals surface area contributed by atoms with E-state index in [0.717, 1.165) is 11.8 Å². The molecule has 70 valence electrons. The molecule has 0 fully saturated rings. The van der Waals surface area contributed by atoms with Crippen molar-refractivity contribution in [3.05, 3.63) is 11.6 Å². The summed E-state index contributed by atoms with van der Waals surface area (Å²) in [7, 11) is 0. The van der Waals surface area contributed by atoms with Crippen LogP contribution in [0.3, 0.4) is 0 Å². The minimum atomic E-state index is 0.490. The molecule has 1 aliphatic carbocycles. The van der Waals surface area contributed by atoms with Crippen molar-refractivity contribution < 1.29 is 0 Å². The van der Waals surface area contributed by atoms with Gasteiger partial charge in [-0.15, -0.1) is 0 Å². The lowest BCUT2D eigenvalue weighted by Gasteiger charge is -2.35. The molecule has 0 heterocycles. The van der Waals surface area contributed by atoms with E-state index in [2.05, 4.69) is 40.7 Å². The van der Waals surface area contributed by atoms with Crippen LogP contribution in [-0.4, -0.2) is 0 Å². The van der Waals surface area contributed by atoms with E-state index in [1.54, 1.807) is 5.57 Å². The van der Waals surface area contributed by atoms with Crippen molar-refractivity contribution in [2.75, 3.05) is 0 Å². The second kappa shape index (κ2) is 3.24. The van der Waals surface area contributed by atoms with E-state index in [1.807, 2.05) is 0 Å². The van der Waals surface area contributed by atoms with Gasteiger partial charge in [0, 0.05) is 0 Å². The van der Waals surface area contributed by atoms with Gasteiger partial charge in [0.2, 0.25) is 0 Å². The van der Waals surface area contributed by atoms with Crippen LogP contribution in [0.2, 0.25) is 0 Å². The highest BCUT2D eigenvalue weighted by Crippen LogP contribution is 2.39. The van der Waals surface area contributed by atoms with Gasteiger partial charge in [0.15, 0.2) is 0 Å². The van der Waals surface area contributed by atoms with Crippen molar-refractivity contribution in [2.45, 2.75) is 47.5 Å². The molecule has 2 atom stereocenters. The topological polar surface area (TPSA) is 0 Å². The average Bonchev–Trinajstić information content (AvgIpc) is 1.82. The molecule has 0 heteroatoms. The first-order valence-electron chi connectivity index (χ1n) is 5.07. The van der Waals surface area contributed by atoms with Crippen molar-refractivity contribution in [2.24, 2.45) is 17.3 Å². The Balaban J connectivity index is 2.68. The lowest BCUT2D eigenvalue weighted by Crippen LogP contribution is -2.25. The predicted octanol–water partition coefficient (Wildman–Crippen LogP) is 4.02. The number of hydrogen-bond acceptors (Lipinski definition) is 0. The lowest BCUT2D eigenvalue weighted by atomic mass is 9.70. The fourth-order valence-corrected chi connectivity index (χ4v) is 2.20. The molecule has 0 saturated heterocycles. The van der Waals surface area contributed by atoms with Gasteiger partial charge in [-0.1, -0.05) is 39.3 Å². The van der Waals surface area contributed by atoms with Gasteiger partial charge in [-0.3, -0.25) is 0 Å². The third-order valence-electron chi connectivity index (χ3n) is 3.02. The average molecular weight is 166 g/mol.